The van der Waals surface area contributed by atoms with Crippen LogP contribution in [0.4, 0.5) is 0 Å². The monoisotopic (exact) mass is 384 g/mol. The first-order valence-electron chi connectivity index (χ1n) is 8.97. The molecule has 0 fully saturated rings. The first kappa shape index (κ1) is 17.7. The van der Waals surface area contributed by atoms with E-state index in [-0.39, 0.29) is 16.9 Å². The highest BCUT2D eigenvalue weighted by molar-refractivity contribution is 7.18. The molecule has 2 atom stereocenters. The molecule has 1 aromatic carbocycles. The second kappa shape index (κ2) is 6.81. The molecule has 0 aliphatic heterocycles. The van der Waals surface area contributed by atoms with Gasteiger partial charge < -0.3 is 14.8 Å². The predicted molar refractivity (Wildman–Crippen MR) is 103 cm³/mol. The number of carbonyl (C=O) groups excluding carboxylic acids is 1. The molecule has 0 unspecified atom stereocenters. The molecule has 2 aromatic heterocycles. The van der Waals surface area contributed by atoms with Gasteiger partial charge in [0.15, 0.2) is 11.9 Å². The summed E-state index contributed by atoms with van der Waals surface area (Å²) in [5, 5.41) is 10.5. The number of ether oxygens (including phenoxy) is 1. The Kier molecular flexibility index (Phi) is 4.47. The number of hydrogen-bond acceptors (Lipinski definition) is 6. The van der Waals surface area contributed by atoms with E-state index in [1.807, 2.05) is 0 Å². The van der Waals surface area contributed by atoms with E-state index in [2.05, 4.69) is 16.9 Å². The lowest BCUT2D eigenvalue weighted by molar-refractivity contribution is 0.0317. The first-order chi connectivity index (χ1) is 12.9. The number of nitrogens with one attached hydrogen (secondary N) is 1. The fraction of sp³-hybridized carbons (Fsp3) is 0.350. The Morgan fingerprint density at radius 1 is 1.41 bits per heavy atom. The highest BCUT2D eigenvalue weighted by Crippen LogP contribution is 2.36. The van der Waals surface area contributed by atoms with Crippen LogP contribution in [-0.2, 0) is 17.6 Å². The second-order valence-corrected chi connectivity index (χ2v) is 8.13. The average molecular weight is 384 g/mol. The van der Waals surface area contributed by atoms with Crippen LogP contribution in [-0.4, -0.2) is 21.0 Å². The molecule has 1 aliphatic carbocycles. The van der Waals surface area contributed by atoms with Gasteiger partial charge in [-0.2, -0.15) is 0 Å². The van der Waals surface area contributed by atoms with E-state index in [0.717, 1.165) is 24.8 Å². The van der Waals surface area contributed by atoms with Crippen molar-refractivity contribution >= 4 is 27.5 Å². The van der Waals surface area contributed by atoms with Crippen molar-refractivity contribution in [2.45, 2.75) is 39.2 Å². The largest absolute Gasteiger partial charge is 0.507 e. The molecular formula is C20H20N2O4S. The molecule has 1 aliphatic rings. The number of H-pyrrole nitrogens is 1. The molecule has 0 bridgehead atoms. The van der Waals surface area contributed by atoms with E-state index in [1.54, 1.807) is 30.4 Å². The molecule has 6 nitrogen and oxygen atoms in total. The van der Waals surface area contributed by atoms with Crippen LogP contribution < -0.4 is 5.56 Å². The number of aryl methyl sites for hydroxylation is 1. The molecule has 2 N–H and O–H groups in total. The molecular weight excluding hydrogens is 364 g/mol. The number of rotatable bonds is 3. The van der Waals surface area contributed by atoms with Gasteiger partial charge in [0.05, 0.1) is 5.39 Å². The van der Waals surface area contributed by atoms with Crippen molar-refractivity contribution in [3.8, 4) is 5.75 Å². The van der Waals surface area contributed by atoms with Crippen LogP contribution in [0.3, 0.4) is 0 Å². The maximum Gasteiger partial charge on any atom is 0.342 e. The number of nitrogens with zero attached hydrogens (tertiary/aromatic N) is 1. The fourth-order valence-corrected chi connectivity index (χ4v) is 4.87. The van der Waals surface area contributed by atoms with E-state index < -0.39 is 12.1 Å². The van der Waals surface area contributed by atoms with Gasteiger partial charge in [0.25, 0.3) is 5.56 Å². The van der Waals surface area contributed by atoms with Crippen LogP contribution in [0.1, 0.15) is 53.0 Å². The van der Waals surface area contributed by atoms with Crippen molar-refractivity contribution in [2.75, 3.05) is 0 Å². The Morgan fingerprint density at radius 2 is 2.19 bits per heavy atom. The third kappa shape index (κ3) is 3.23. The lowest BCUT2D eigenvalue weighted by Crippen LogP contribution is -2.18. The Hall–Kier alpha value is -2.67. The van der Waals surface area contributed by atoms with Gasteiger partial charge in [-0.05, 0) is 49.8 Å². The topological polar surface area (TPSA) is 92.3 Å². The van der Waals surface area contributed by atoms with E-state index in [1.165, 1.54) is 17.0 Å². The summed E-state index contributed by atoms with van der Waals surface area (Å²) in [5.41, 5.74) is 1.01. The summed E-state index contributed by atoms with van der Waals surface area (Å²) in [6, 6.07) is 6.18. The van der Waals surface area contributed by atoms with Crippen molar-refractivity contribution in [3.05, 3.63) is 56.4 Å². The number of fused-ring (bicyclic) bond motifs is 3. The number of aromatic hydroxyl groups is 1. The molecule has 140 valence electrons. The summed E-state index contributed by atoms with van der Waals surface area (Å²) >= 11 is 1.56. The van der Waals surface area contributed by atoms with Gasteiger partial charge >= 0.3 is 5.97 Å². The Bertz CT molecular complexity index is 1090. The average Bonchev–Trinajstić information content (AvgIpc) is 2.99. The Morgan fingerprint density at radius 3 is 2.96 bits per heavy atom. The molecule has 3 aromatic rings. The number of para-hydroxylation sites is 1. The Labute approximate surface area is 159 Å². The first-order valence-corrected chi connectivity index (χ1v) is 9.79. The van der Waals surface area contributed by atoms with Crippen LogP contribution in [0.2, 0.25) is 0 Å². The smallest absolute Gasteiger partial charge is 0.342 e. The number of phenolic OH excluding ortho intramolecular Hbond substituents is 1. The van der Waals surface area contributed by atoms with Crippen molar-refractivity contribution in [1.82, 2.24) is 9.97 Å². The van der Waals surface area contributed by atoms with Gasteiger partial charge in [-0.25, -0.2) is 9.78 Å². The summed E-state index contributed by atoms with van der Waals surface area (Å²) in [6.45, 7) is 3.87. The maximum atomic E-state index is 12.7. The number of esters is 1. The van der Waals surface area contributed by atoms with Crippen molar-refractivity contribution < 1.29 is 14.6 Å². The maximum absolute atomic E-state index is 12.7. The van der Waals surface area contributed by atoms with Crippen LogP contribution in [0.5, 0.6) is 5.75 Å². The minimum atomic E-state index is -0.743. The van der Waals surface area contributed by atoms with Gasteiger partial charge in [-0.1, -0.05) is 19.1 Å². The van der Waals surface area contributed by atoms with Gasteiger partial charge in [-0.3, -0.25) is 4.79 Å². The van der Waals surface area contributed by atoms with Crippen LogP contribution in [0, 0.1) is 5.92 Å². The van der Waals surface area contributed by atoms with Crippen LogP contribution in [0.15, 0.2) is 29.1 Å². The highest BCUT2D eigenvalue weighted by Gasteiger charge is 2.25. The van der Waals surface area contributed by atoms with Crippen LogP contribution in [0.25, 0.3) is 10.2 Å². The lowest BCUT2D eigenvalue weighted by atomic mass is 9.89. The molecule has 0 saturated carbocycles. The third-order valence-corrected chi connectivity index (χ3v) is 6.12. The van der Waals surface area contributed by atoms with Crippen molar-refractivity contribution in [2.24, 2.45) is 5.92 Å². The van der Waals surface area contributed by atoms with Gasteiger partial charge in [-0.15, -0.1) is 11.3 Å². The standard InChI is InChI=1S/C20H20N2O4S/c1-10-7-8-13-15(9-10)27-19-16(13)18(24)21-17(22-19)11(2)26-20(25)12-5-3-4-6-14(12)23/h3-6,10-11,23H,7-9H2,1-2H3,(H,21,22,24)/t10-,11-/m0/s1. The number of benzene rings is 1. The molecule has 7 heteroatoms. The molecule has 27 heavy (non-hydrogen) atoms. The molecule has 0 saturated heterocycles. The summed E-state index contributed by atoms with van der Waals surface area (Å²) in [4.78, 5) is 34.2. The zero-order valence-corrected chi connectivity index (χ0v) is 15.9. The second-order valence-electron chi connectivity index (χ2n) is 7.05. The van der Waals surface area contributed by atoms with Gasteiger partial charge in [0.2, 0.25) is 0 Å². The van der Waals surface area contributed by atoms with E-state index in [0.29, 0.717) is 22.0 Å². The number of aromatic amines is 1. The van der Waals surface area contributed by atoms with Gasteiger partial charge in [0.1, 0.15) is 16.1 Å². The number of hydrogen-bond donors (Lipinski definition) is 2. The molecule has 2 heterocycles. The molecule has 4 rings (SSSR count). The molecule has 0 radical (unpaired) electrons. The predicted octanol–water partition coefficient (Wildman–Crippen LogP) is 3.73. The number of carbonyl (C=O) groups is 1. The van der Waals surface area contributed by atoms with Crippen LogP contribution >= 0.6 is 11.3 Å². The number of thiophene rings is 1. The van der Waals surface area contributed by atoms with E-state index >= 15 is 0 Å². The third-order valence-electron chi connectivity index (χ3n) is 4.98. The molecule has 0 spiro atoms. The Balaban J connectivity index is 1.65. The van der Waals surface area contributed by atoms with E-state index in [4.69, 9.17) is 4.74 Å². The van der Waals surface area contributed by atoms with E-state index in [9.17, 15) is 14.7 Å². The zero-order chi connectivity index (χ0) is 19.1. The highest BCUT2D eigenvalue weighted by atomic mass is 32.1. The summed E-state index contributed by atoms with van der Waals surface area (Å²) in [7, 11) is 0. The zero-order valence-electron chi connectivity index (χ0n) is 15.1. The minimum Gasteiger partial charge on any atom is -0.507 e. The quantitative estimate of drug-likeness (QED) is 0.671. The number of aromatic nitrogens is 2. The fourth-order valence-electron chi connectivity index (χ4n) is 3.48. The van der Waals surface area contributed by atoms with Crippen molar-refractivity contribution in [3.63, 3.8) is 0 Å². The lowest BCUT2D eigenvalue weighted by Gasteiger charge is -2.17. The van der Waals surface area contributed by atoms with Crippen molar-refractivity contribution in [1.29, 1.82) is 0 Å². The number of phenols is 1. The molecule has 0 amide bonds. The minimum absolute atomic E-state index is 0.0772. The normalized spacial score (nSPS) is 17.5. The summed E-state index contributed by atoms with van der Waals surface area (Å²) in [5.74, 6) is 0.111. The van der Waals surface area contributed by atoms with Gasteiger partial charge in [0, 0.05) is 4.88 Å². The summed E-state index contributed by atoms with van der Waals surface area (Å²) < 4.78 is 5.40. The SMILES string of the molecule is C[C@H]1CCc2c(sc3nc([C@H](C)OC(=O)c4ccccc4O)[nH]c(=O)c23)C1. The summed E-state index contributed by atoms with van der Waals surface area (Å²) in [6.07, 6.45) is 2.21.